The fourth-order valence-corrected chi connectivity index (χ4v) is 2.37. The van der Waals surface area contributed by atoms with Gasteiger partial charge in [0.15, 0.2) is 3.77 Å². The first-order chi connectivity index (χ1) is 6.94. The van der Waals surface area contributed by atoms with Gasteiger partial charge in [0, 0.05) is 41.7 Å². The van der Waals surface area contributed by atoms with Crippen molar-refractivity contribution in [2.75, 3.05) is 13.1 Å². The van der Waals surface area contributed by atoms with Gasteiger partial charge in [-0.25, -0.2) is 0 Å². The summed E-state index contributed by atoms with van der Waals surface area (Å²) >= 11 is 2.12. The number of halogens is 1. The summed E-state index contributed by atoms with van der Waals surface area (Å²) in [6.07, 6.45) is 0. The van der Waals surface area contributed by atoms with Crippen molar-refractivity contribution in [3.8, 4) is 0 Å². The monoisotopic (exact) mass is 322 g/mol. The number of amides is 1. The highest BCUT2D eigenvalue weighted by molar-refractivity contribution is 14.1. The quantitative estimate of drug-likeness (QED) is 0.738. The first kappa shape index (κ1) is 11.2. The van der Waals surface area contributed by atoms with Crippen molar-refractivity contribution in [3.05, 3.63) is 9.46 Å². The zero-order valence-electron chi connectivity index (χ0n) is 9.13. The van der Waals surface area contributed by atoms with Gasteiger partial charge in [-0.2, -0.15) is 0 Å². The lowest BCUT2D eigenvalue weighted by molar-refractivity contribution is -0.167. The first-order valence-corrected chi connectivity index (χ1v) is 6.13. The lowest BCUT2D eigenvalue weighted by atomic mass is 9.90. The van der Waals surface area contributed by atoms with E-state index < -0.39 is 5.60 Å². The van der Waals surface area contributed by atoms with E-state index in [1.165, 1.54) is 0 Å². The molecule has 0 aromatic heterocycles. The largest absolute Gasteiger partial charge is 0.467 e. The van der Waals surface area contributed by atoms with Crippen LogP contribution in [0.25, 0.3) is 0 Å². The number of nitrogens with zero attached hydrogens (tertiary/aromatic N) is 1. The minimum absolute atomic E-state index is 0.00249. The van der Waals surface area contributed by atoms with E-state index in [0.29, 0.717) is 19.1 Å². The molecule has 2 rings (SSSR count). The third kappa shape index (κ3) is 1.75. The van der Waals surface area contributed by atoms with Crippen LogP contribution in [0.2, 0.25) is 0 Å². The minimum atomic E-state index is -0.625. The van der Waals surface area contributed by atoms with Crippen LogP contribution in [0.3, 0.4) is 0 Å². The molecule has 1 fully saturated rings. The molecular weight excluding hydrogens is 307 g/mol. The van der Waals surface area contributed by atoms with Crippen molar-refractivity contribution in [2.45, 2.75) is 32.4 Å². The summed E-state index contributed by atoms with van der Waals surface area (Å²) in [5.41, 5.74) is 0.189. The maximum Gasteiger partial charge on any atom is 0.271 e. The number of carbonyl (C=O) groups is 1. The van der Waals surface area contributed by atoms with E-state index >= 15 is 0 Å². The standard InChI is InChI=1S/C10H15IN2O2/c1-6(2)13-4-10(5-13)9(14)12-7(3)8(11)15-10/h6H,4-5H2,1-3H3,(H,12,14). The van der Waals surface area contributed by atoms with E-state index in [-0.39, 0.29) is 5.91 Å². The Kier molecular flexibility index (Phi) is 2.70. The fourth-order valence-electron chi connectivity index (χ4n) is 1.81. The van der Waals surface area contributed by atoms with Crippen LogP contribution in [-0.2, 0) is 9.53 Å². The number of nitrogens with one attached hydrogen (secondary N) is 1. The Morgan fingerprint density at radius 3 is 2.67 bits per heavy atom. The zero-order chi connectivity index (χ0) is 11.2. The van der Waals surface area contributed by atoms with Crippen LogP contribution in [0, 0.1) is 0 Å². The maximum atomic E-state index is 11.8. The van der Waals surface area contributed by atoms with Crippen molar-refractivity contribution >= 4 is 28.5 Å². The van der Waals surface area contributed by atoms with Crippen molar-refractivity contribution in [1.82, 2.24) is 10.2 Å². The summed E-state index contributed by atoms with van der Waals surface area (Å²) in [5.74, 6) is -0.00249. The Morgan fingerprint density at radius 1 is 1.53 bits per heavy atom. The average molecular weight is 322 g/mol. The molecule has 0 aliphatic carbocycles. The molecule has 4 nitrogen and oxygen atoms in total. The molecule has 0 bridgehead atoms. The van der Waals surface area contributed by atoms with E-state index in [0.717, 1.165) is 9.46 Å². The van der Waals surface area contributed by atoms with Gasteiger partial charge in [0.05, 0.1) is 5.70 Å². The number of rotatable bonds is 1. The lowest BCUT2D eigenvalue weighted by Gasteiger charge is -2.51. The average Bonchev–Trinajstić information content (AvgIpc) is 2.07. The first-order valence-electron chi connectivity index (χ1n) is 5.05. The number of allylic oxidation sites excluding steroid dienone is 1. The van der Waals surface area contributed by atoms with E-state index in [2.05, 4.69) is 46.7 Å². The molecule has 1 spiro atoms. The van der Waals surface area contributed by atoms with Crippen LogP contribution in [0.15, 0.2) is 9.46 Å². The van der Waals surface area contributed by atoms with Crippen molar-refractivity contribution in [1.29, 1.82) is 0 Å². The van der Waals surface area contributed by atoms with E-state index in [4.69, 9.17) is 4.74 Å². The topological polar surface area (TPSA) is 41.6 Å². The lowest BCUT2D eigenvalue weighted by Crippen LogP contribution is -2.72. The predicted molar refractivity (Wildman–Crippen MR) is 65.4 cm³/mol. The van der Waals surface area contributed by atoms with Gasteiger partial charge in [-0.15, -0.1) is 0 Å². The summed E-state index contributed by atoms with van der Waals surface area (Å²) in [4.78, 5) is 14.0. The highest BCUT2D eigenvalue weighted by atomic mass is 127. The van der Waals surface area contributed by atoms with Crippen molar-refractivity contribution < 1.29 is 9.53 Å². The molecular formula is C10H15IN2O2. The summed E-state index contributed by atoms with van der Waals surface area (Å²) in [6.45, 7) is 7.48. The predicted octanol–water partition coefficient (Wildman–Crippen LogP) is 1.22. The molecule has 2 heterocycles. The number of hydrogen-bond acceptors (Lipinski definition) is 3. The van der Waals surface area contributed by atoms with E-state index in [1.54, 1.807) is 0 Å². The maximum absolute atomic E-state index is 11.8. The van der Waals surface area contributed by atoms with Gasteiger partial charge in [-0.1, -0.05) is 0 Å². The fraction of sp³-hybridized carbons (Fsp3) is 0.700. The summed E-state index contributed by atoms with van der Waals surface area (Å²) in [7, 11) is 0. The molecule has 0 atom stereocenters. The van der Waals surface area contributed by atoms with E-state index in [9.17, 15) is 4.79 Å². The molecule has 2 aliphatic rings. The summed E-state index contributed by atoms with van der Waals surface area (Å²) in [5, 5.41) is 2.86. The van der Waals surface area contributed by atoms with Gasteiger partial charge in [0.1, 0.15) is 0 Å². The molecule has 84 valence electrons. The van der Waals surface area contributed by atoms with Crippen molar-refractivity contribution in [3.63, 3.8) is 0 Å². The van der Waals surface area contributed by atoms with Crippen LogP contribution in [0.4, 0.5) is 0 Å². The van der Waals surface area contributed by atoms with Crippen LogP contribution in [0.5, 0.6) is 0 Å². The molecule has 15 heavy (non-hydrogen) atoms. The Balaban J connectivity index is 2.10. The van der Waals surface area contributed by atoms with Crippen molar-refractivity contribution in [2.24, 2.45) is 0 Å². The minimum Gasteiger partial charge on any atom is -0.467 e. The molecule has 1 saturated heterocycles. The van der Waals surface area contributed by atoms with Crippen LogP contribution < -0.4 is 5.32 Å². The Morgan fingerprint density at radius 2 is 2.13 bits per heavy atom. The van der Waals surface area contributed by atoms with Gasteiger partial charge in [0.25, 0.3) is 5.91 Å². The number of likely N-dealkylation sites (tertiary alicyclic amines) is 1. The van der Waals surface area contributed by atoms with Crippen LogP contribution in [-0.4, -0.2) is 35.5 Å². The third-order valence-electron chi connectivity index (χ3n) is 2.94. The molecule has 0 radical (unpaired) electrons. The second-order valence-corrected chi connectivity index (χ2v) is 5.43. The molecule has 2 aliphatic heterocycles. The van der Waals surface area contributed by atoms with Crippen LogP contribution >= 0.6 is 22.6 Å². The SMILES string of the molecule is CC1=C(I)OC2(CN(C(C)C)C2)C(=O)N1. The molecule has 1 amide bonds. The van der Waals surface area contributed by atoms with Gasteiger partial charge in [0.2, 0.25) is 5.60 Å². The highest BCUT2D eigenvalue weighted by Gasteiger charge is 2.54. The summed E-state index contributed by atoms with van der Waals surface area (Å²) in [6, 6.07) is 0.469. The molecule has 5 heteroatoms. The molecule has 0 aromatic carbocycles. The molecule has 1 N–H and O–H groups in total. The third-order valence-corrected chi connectivity index (χ3v) is 3.97. The number of carbonyl (C=O) groups excluding carboxylic acids is 1. The Labute approximate surface area is 103 Å². The van der Waals surface area contributed by atoms with Gasteiger partial charge in [-0.3, -0.25) is 9.69 Å². The molecule has 0 saturated carbocycles. The number of ether oxygens (including phenoxy) is 1. The normalized spacial score (nSPS) is 25.3. The highest BCUT2D eigenvalue weighted by Crippen LogP contribution is 2.35. The second-order valence-electron chi connectivity index (χ2n) is 4.45. The zero-order valence-corrected chi connectivity index (χ0v) is 11.3. The molecule has 0 unspecified atom stereocenters. The number of hydrogen-bond donors (Lipinski definition) is 1. The summed E-state index contributed by atoms with van der Waals surface area (Å²) < 4.78 is 6.53. The van der Waals surface area contributed by atoms with Crippen LogP contribution in [0.1, 0.15) is 20.8 Å². The van der Waals surface area contributed by atoms with Gasteiger partial charge < -0.3 is 10.1 Å². The van der Waals surface area contributed by atoms with Gasteiger partial charge in [-0.05, 0) is 20.8 Å². The Hall–Kier alpha value is -0.300. The van der Waals surface area contributed by atoms with Gasteiger partial charge >= 0.3 is 0 Å². The second kappa shape index (κ2) is 3.62. The Bertz CT molecular complexity index is 332. The smallest absolute Gasteiger partial charge is 0.271 e. The molecule has 0 aromatic rings. The van der Waals surface area contributed by atoms with E-state index in [1.807, 2.05) is 6.92 Å².